The number of benzene rings is 1. The topological polar surface area (TPSA) is 75.9 Å². The molecule has 1 atom stereocenters. The van der Waals surface area contributed by atoms with Crippen molar-refractivity contribution in [2.45, 2.75) is 11.8 Å². The molecule has 0 bridgehead atoms. The lowest BCUT2D eigenvalue weighted by Crippen LogP contribution is -2.42. The summed E-state index contributed by atoms with van der Waals surface area (Å²) in [6.45, 7) is 1.55. The largest absolute Gasteiger partial charge is 0.453 e. The third-order valence-electron chi connectivity index (χ3n) is 4.33. The number of fused-ring (bicyclic) bond motifs is 2. The summed E-state index contributed by atoms with van der Waals surface area (Å²) in [5, 5.41) is 0.607. The first-order valence-corrected chi connectivity index (χ1v) is 7.04. The van der Waals surface area contributed by atoms with Crippen LogP contribution in [0.15, 0.2) is 18.2 Å². The van der Waals surface area contributed by atoms with Gasteiger partial charge in [-0.25, -0.2) is 9.59 Å². The van der Waals surface area contributed by atoms with E-state index in [1.807, 2.05) is 6.07 Å². The summed E-state index contributed by atoms with van der Waals surface area (Å²) in [5.74, 6) is 0. The van der Waals surface area contributed by atoms with E-state index in [2.05, 4.69) is 0 Å². The summed E-state index contributed by atoms with van der Waals surface area (Å²) in [6, 6.07) is 4.91. The van der Waals surface area contributed by atoms with Gasteiger partial charge in [0.1, 0.15) is 0 Å². The molecule has 2 aliphatic rings. The number of rotatable bonds is 0. The molecule has 3 amide bonds. The van der Waals surface area contributed by atoms with Crippen molar-refractivity contribution in [2.75, 3.05) is 31.6 Å². The molecule has 1 aromatic rings. The second-order valence-electron chi connectivity index (χ2n) is 5.51. The van der Waals surface area contributed by atoms with Crippen LogP contribution in [0.4, 0.5) is 15.3 Å². The Bertz CT molecular complexity index is 621. The third kappa shape index (κ3) is 2.10. The fraction of sp³-hybridized carbons (Fsp3) is 0.429. The Labute approximate surface area is 127 Å². The molecule has 3 rings (SSSR count). The normalized spacial score (nSPS) is 23.5. The number of carbonyl (C=O) groups is 2. The number of ether oxygens (including phenoxy) is 1. The molecule has 2 aliphatic heterocycles. The number of anilines is 1. The molecule has 21 heavy (non-hydrogen) atoms. The molecule has 112 valence electrons. The number of nitrogens with zero attached hydrogens (tertiary/aromatic N) is 2. The maximum atomic E-state index is 11.7. The van der Waals surface area contributed by atoms with Gasteiger partial charge in [-0.3, -0.25) is 4.90 Å². The van der Waals surface area contributed by atoms with Gasteiger partial charge in [0.15, 0.2) is 0 Å². The first kappa shape index (κ1) is 14.0. The molecule has 0 aromatic heterocycles. The Morgan fingerprint density at radius 1 is 1.38 bits per heavy atom. The molecular formula is C14H16ClN3O3. The van der Waals surface area contributed by atoms with Crippen LogP contribution < -0.4 is 10.6 Å². The minimum absolute atomic E-state index is 0.316. The van der Waals surface area contributed by atoms with E-state index in [-0.39, 0.29) is 11.5 Å². The van der Waals surface area contributed by atoms with Gasteiger partial charge in [-0.2, -0.15) is 0 Å². The molecule has 0 unspecified atom stereocenters. The number of urea groups is 1. The van der Waals surface area contributed by atoms with Gasteiger partial charge in [0.2, 0.25) is 0 Å². The quantitative estimate of drug-likeness (QED) is 0.796. The van der Waals surface area contributed by atoms with Crippen molar-refractivity contribution in [1.29, 1.82) is 0 Å². The van der Waals surface area contributed by atoms with Crippen molar-refractivity contribution in [2.24, 2.45) is 5.73 Å². The fourth-order valence-electron chi connectivity index (χ4n) is 3.34. The zero-order valence-corrected chi connectivity index (χ0v) is 12.4. The average molecular weight is 310 g/mol. The second kappa shape index (κ2) is 4.80. The van der Waals surface area contributed by atoms with E-state index in [0.717, 1.165) is 17.7 Å². The summed E-state index contributed by atoms with van der Waals surface area (Å²) >= 11 is 6.10. The lowest BCUT2D eigenvalue weighted by atomic mass is 9.81. The number of methoxy groups -OCH3 is 1. The summed E-state index contributed by atoms with van der Waals surface area (Å²) in [4.78, 5) is 26.6. The van der Waals surface area contributed by atoms with Crippen LogP contribution in [0.3, 0.4) is 0 Å². The van der Waals surface area contributed by atoms with Gasteiger partial charge in [0.05, 0.1) is 7.11 Å². The van der Waals surface area contributed by atoms with Crippen molar-refractivity contribution < 1.29 is 14.3 Å². The molecule has 1 aromatic carbocycles. The standard InChI is InChI=1S/C14H16ClN3O3/c1-21-13(20)17-5-4-14(7-17)8-18(12(16)19)11-3-2-9(15)6-10(11)14/h2-3,6H,4-5,7-8H2,1H3,(H2,16,19)/t14-/m1/s1. The molecule has 2 N–H and O–H groups in total. The van der Waals surface area contributed by atoms with Crippen LogP contribution >= 0.6 is 11.6 Å². The van der Waals surface area contributed by atoms with Crippen molar-refractivity contribution in [3.63, 3.8) is 0 Å². The average Bonchev–Trinajstić information content (AvgIpc) is 3.02. The molecule has 6 nitrogen and oxygen atoms in total. The van der Waals surface area contributed by atoms with E-state index in [1.165, 1.54) is 7.11 Å². The van der Waals surface area contributed by atoms with Gasteiger partial charge in [-0.1, -0.05) is 11.6 Å². The number of primary amides is 1. The molecule has 0 radical (unpaired) electrons. The van der Waals surface area contributed by atoms with Crippen molar-refractivity contribution in [3.05, 3.63) is 28.8 Å². The highest BCUT2D eigenvalue weighted by atomic mass is 35.5. The van der Waals surface area contributed by atoms with Crippen LogP contribution in [-0.2, 0) is 10.2 Å². The van der Waals surface area contributed by atoms with Gasteiger partial charge < -0.3 is 15.4 Å². The Balaban J connectivity index is 2.01. The minimum atomic E-state index is -0.494. The van der Waals surface area contributed by atoms with E-state index in [0.29, 0.717) is 24.7 Å². The third-order valence-corrected chi connectivity index (χ3v) is 4.57. The van der Waals surface area contributed by atoms with E-state index in [9.17, 15) is 9.59 Å². The van der Waals surface area contributed by atoms with E-state index in [4.69, 9.17) is 22.1 Å². The number of halogens is 1. The predicted octanol–water partition coefficient (Wildman–Crippen LogP) is 1.95. The van der Waals surface area contributed by atoms with Crippen LogP contribution in [0.1, 0.15) is 12.0 Å². The number of likely N-dealkylation sites (tertiary alicyclic amines) is 1. The monoisotopic (exact) mass is 309 g/mol. The molecule has 0 aliphatic carbocycles. The summed E-state index contributed by atoms with van der Waals surface area (Å²) in [7, 11) is 1.36. The van der Waals surface area contributed by atoms with Crippen molar-refractivity contribution in [3.8, 4) is 0 Å². The number of carbonyl (C=O) groups excluding carboxylic acids is 2. The van der Waals surface area contributed by atoms with Crippen molar-refractivity contribution >= 4 is 29.4 Å². The number of hydrogen-bond acceptors (Lipinski definition) is 3. The molecule has 1 fully saturated rings. The van der Waals surface area contributed by atoms with Crippen LogP contribution in [-0.4, -0.2) is 43.8 Å². The second-order valence-corrected chi connectivity index (χ2v) is 5.94. The highest BCUT2D eigenvalue weighted by Crippen LogP contribution is 2.47. The molecule has 1 saturated heterocycles. The zero-order chi connectivity index (χ0) is 15.2. The van der Waals surface area contributed by atoms with E-state index in [1.54, 1.807) is 21.9 Å². The van der Waals surface area contributed by atoms with Gasteiger partial charge in [0.25, 0.3) is 0 Å². The Hall–Kier alpha value is -1.95. The van der Waals surface area contributed by atoms with Crippen molar-refractivity contribution in [1.82, 2.24) is 4.90 Å². The fourth-order valence-corrected chi connectivity index (χ4v) is 3.52. The summed E-state index contributed by atoms with van der Waals surface area (Å²) < 4.78 is 4.78. The molecule has 1 spiro atoms. The maximum absolute atomic E-state index is 11.7. The zero-order valence-electron chi connectivity index (χ0n) is 11.6. The SMILES string of the molecule is COC(=O)N1CC[C@@]2(C1)CN(C(N)=O)c1ccc(Cl)cc12. The molecular weight excluding hydrogens is 294 g/mol. The number of hydrogen-bond donors (Lipinski definition) is 1. The van der Waals surface area contributed by atoms with Crippen LogP contribution in [0, 0.1) is 0 Å². The highest BCUT2D eigenvalue weighted by Gasteiger charge is 2.49. The van der Waals surface area contributed by atoms with Gasteiger partial charge in [-0.15, -0.1) is 0 Å². The van der Waals surface area contributed by atoms with E-state index < -0.39 is 6.03 Å². The molecule has 7 heteroatoms. The Morgan fingerprint density at radius 3 is 2.81 bits per heavy atom. The van der Waals surface area contributed by atoms with Gasteiger partial charge in [-0.05, 0) is 30.2 Å². The smallest absolute Gasteiger partial charge is 0.409 e. The lowest BCUT2D eigenvalue weighted by molar-refractivity contribution is 0.131. The number of amides is 3. The minimum Gasteiger partial charge on any atom is -0.453 e. The summed E-state index contributed by atoms with van der Waals surface area (Å²) in [6.07, 6.45) is 0.396. The maximum Gasteiger partial charge on any atom is 0.409 e. The Morgan fingerprint density at radius 2 is 2.14 bits per heavy atom. The van der Waals surface area contributed by atoms with Crippen LogP contribution in [0.5, 0.6) is 0 Å². The van der Waals surface area contributed by atoms with Crippen LogP contribution in [0.25, 0.3) is 0 Å². The highest BCUT2D eigenvalue weighted by molar-refractivity contribution is 6.30. The first-order chi connectivity index (χ1) is 9.97. The van der Waals surface area contributed by atoms with Gasteiger partial charge >= 0.3 is 12.1 Å². The molecule has 2 heterocycles. The van der Waals surface area contributed by atoms with E-state index >= 15 is 0 Å². The van der Waals surface area contributed by atoms with Crippen LogP contribution in [0.2, 0.25) is 5.02 Å². The number of nitrogens with two attached hydrogens (primary N) is 1. The predicted molar refractivity (Wildman–Crippen MR) is 78.7 cm³/mol. The molecule has 0 saturated carbocycles. The first-order valence-electron chi connectivity index (χ1n) is 6.67. The summed E-state index contributed by atoms with van der Waals surface area (Å²) in [5.41, 5.74) is 6.90. The Kier molecular flexibility index (Phi) is 3.20. The lowest BCUT2D eigenvalue weighted by Gasteiger charge is -2.24. The van der Waals surface area contributed by atoms with Gasteiger partial charge in [0, 0.05) is 35.8 Å².